The molecule has 126 valence electrons. The van der Waals surface area contributed by atoms with Crippen LogP contribution in [-0.4, -0.2) is 58.5 Å². The van der Waals surface area contributed by atoms with Gasteiger partial charge in [-0.3, -0.25) is 0 Å². The van der Waals surface area contributed by atoms with Crippen LogP contribution in [0.3, 0.4) is 0 Å². The molecule has 0 bridgehead atoms. The molecule has 0 heterocycles. The second-order valence-electron chi connectivity index (χ2n) is 3.68. The zero-order chi connectivity index (χ0) is 17.2. The molecule has 0 fully saturated rings. The van der Waals surface area contributed by atoms with Crippen LogP contribution in [0.5, 0.6) is 17.2 Å². The van der Waals surface area contributed by atoms with Crippen LogP contribution in [0.4, 0.5) is 0 Å². The molecule has 0 aliphatic heterocycles. The van der Waals surface area contributed by atoms with E-state index in [4.69, 9.17) is 33.8 Å². The molecule has 22 heavy (non-hydrogen) atoms. The smallest absolute Gasteiger partial charge is 0.466 e. The Morgan fingerprint density at radius 2 is 1.68 bits per heavy atom. The Balaban J connectivity index is 0.000000763. The van der Waals surface area contributed by atoms with Gasteiger partial charge in [-0.05, 0) is 12.1 Å². The molecule has 0 radical (unpaired) electrons. The van der Waals surface area contributed by atoms with E-state index < -0.39 is 7.82 Å². The van der Waals surface area contributed by atoms with Crippen LogP contribution in [0.25, 0.3) is 0 Å². The van der Waals surface area contributed by atoms with Crippen LogP contribution in [0.2, 0.25) is 0 Å². The van der Waals surface area contributed by atoms with Crippen molar-refractivity contribution >= 4 is 14.0 Å². The van der Waals surface area contributed by atoms with Gasteiger partial charge in [0.15, 0.2) is 11.5 Å². The minimum absolute atomic E-state index is 0.0135. The van der Waals surface area contributed by atoms with Gasteiger partial charge in [-0.1, -0.05) is 0 Å². The van der Waals surface area contributed by atoms with Gasteiger partial charge in [0.2, 0.25) is 5.75 Å². The lowest BCUT2D eigenvalue weighted by atomic mass is 10.2. The van der Waals surface area contributed by atoms with E-state index in [0.717, 1.165) is 0 Å². The second-order valence-corrected chi connectivity index (χ2v) is 4.70. The first-order chi connectivity index (χ1) is 10.2. The maximum absolute atomic E-state index is 9.68. The number of nitrogens with one attached hydrogen (secondary N) is 1. The van der Waals surface area contributed by atoms with Gasteiger partial charge in [0.05, 0.1) is 33.6 Å². The van der Waals surface area contributed by atoms with Gasteiger partial charge in [-0.2, -0.15) is 5.10 Å². The lowest BCUT2D eigenvalue weighted by Crippen LogP contribution is -2.11. The number of phosphoric acid groups is 1. The van der Waals surface area contributed by atoms with E-state index in [2.05, 4.69) is 10.5 Å². The SMILES string of the molecule is COc1cc(/C=N/NCCO)cc(OC)c1O.O=P(O)(O)O. The molecule has 1 aromatic rings. The maximum Gasteiger partial charge on any atom is 0.466 e. The molecule has 0 spiro atoms. The molecule has 0 aliphatic carbocycles. The van der Waals surface area contributed by atoms with Crippen molar-refractivity contribution in [3.63, 3.8) is 0 Å². The molecule has 6 N–H and O–H groups in total. The highest BCUT2D eigenvalue weighted by atomic mass is 31.2. The first kappa shape index (κ1) is 20.2. The summed E-state index contributed by atoms with van der Waals surface area (Å²) in [5.41, 5.74) is 3.36. The van der Waals surface area contributed by atoms with Crippen molar-refractivity contribution in [1.29, 1.82) is 0 Å². The Kier molecular flexibility index (Phi) is 9.15. The van der Waals surface area contributed by atoms with Crippen molar-refractivity contribution in [1.82, 2.24) is 5.43 Å². The zero-order valence-corrected chi connectivity index (χ0v) is 12.9. The predicted molar refractivity (Wildman–Crippen MR) is 78.2 cm³/mol. The Labute approximate surface area is 126 Å². The van der Waals surface area contributed by atoms with Gasteiger partial charge in [-0.25, -0.2) is 4.57 Å². The van der Waals surface area contributed by atoms with Crippen LogP contribution in [0.1, 0.15) is 5.56 Å². The minimum Gasteiger partial charge on any atom is -0.502 e. The first-order valence-corrected chi connectivity index (χ1v) is 7.39. The lowest BCUT2D eigenvalue weighted by Gasteiger charge is -2.09. The van der Waals surface area contributed by atoms with E-state index in [1.54, 1.807) is 18.3 Å². The molecule has 1 aromatic carbocycles. The van der Waals surface area contributed by atoms with Gasteiger partial charge in [0, 0.05) is 5.56 Å². The molecule has 0 unspecified atom stereocenters. The third-order valence-electron chi connectivity index (χ3n) is 2.03. The molecule has 0 saturated heterocycles. The van der Waals surface area contributed by atoms with E-state index in [1.165, 1.54) is 14.2 Å². The number of phenolic OH excluding ortho intramolecular Hbond substituents is 1. The first-order valence-electron chi connectivity index (χ1n) is 5.83. The molecule has 0 aliphatic rings. The standard InChI is InChI=1S/C11H16N2O4.H3O4P/c1-16-9-5-8(7-13-12-3-4-14)6-10(17-2)11(9)15;1-5(2,3)4/h5-7,12,14-15H,3-4H2,1-2H3;(H3,1,2,3,4)/b13-7+;. The molecule has 0 saturated carbocycles. The quantitative estimate of drug-likeness (QED) is 0.172. The minimum atomic E-state index is -4.64. The fourth-order valence-corrected chi connectivity index (χ4v) is 1.22. The molecular weight excluding hydrogens is 319 g/mol. The highest BCUT2D eigenvalue weighted by Crippen LogP contribution is 2.36. The summed E-state index contributed by atoms with van der Waals surface area (Å²) < 4.78 is 18.9. The number of hydrazone groups is 1. The number of methoxy groups -OCH3 is 2. The molecule has 0 aromatic heterocycles. The monoisotopic (exact) mass is 338 g/mol. The van der Waals surface area contributed by atoms with Crippen LogP contribution in [0.15, 0.2) is 17.2 Å². The summed E-state index contributed by atoms with van der Waals surface area (Å²) in [7, 11) is -1.72. The third-order valence-corrected chi connectivity index (χ3v) is 2.03. The van der Waals surface area contributed by atoms with Gasteiger partial charge in [0.1, 0.15) is 0 Å². The topological polar surface area (TPSA) is 161 Å². The lowest BCUT2D eigenvalue weighted by molar-refractivity contribution is 0.275. The summed E-state index contributed by atoms with van der Waals surface area (Å²) in [5.74, 6) is 0.580. The molecule has 10 nitrogen and oxygen atoms in total. The Morgan fingerprint density at radius 3 is 2.05 bits per heavy atom. The molecule has 11 heteroatoms. The van der Waals surface area contributed by atoms with Crippen LogP contribution in [-0.2, 0) is 4.57 Å². The Morgan fingerprint density at radius 1 is 1.23 bits per heavy atom. The van der Waals surface area contributed by atoms with Gasteiger partial charge in [-0.15, -0.1) is 0 Å². The van der Waals surface area contributed by atoms with Gasteiger partial charge in [0.25, 0.3) is 0 Å². The van der Waals surface area contributed by atoms with Crippen LogP contribution >= 0.6 is 7.82 Å². The Hall–Kier alpha value is -1.84. The van der Waals surface area contributed by atoms with Crippen molar-refractivity contribution in [3.05, 3.63) is 17.7 Å². The van der Waals surface area contributed by atoms with Crippen molar-refractivity contribution in [2.45, 2.75) is 0 Å². The normalized spacial score (nSPS) is 10.8. The summed E-state index contributed by atoms with van der Waals surface area (Å²) in [5, 5.41) is 22.1. The fraction of sp³-hybridized carbons (Fsp3) is 0.364. The number of ether oxygens (including phenoxy) is 2. The number of aliphatic hydroxyl groups excluding tert-OH is 1. The van der Waals surface area contributed by atoms with E-state index in [-0.39, 0.29) is 12.4 Å². The molecule has 0 amide bonds. The number of hydrogen-bond donors (Lipinski definition) is 6. The Bertz CT molecular complexity index is 498. The van der Waals surface area contributed by atoms with Crippen LogP contribution < -0.4 is 14.9 Å². The number of rotatable bonds is 6. The van der Waals surface area contributed by atoms with E-state index in [1.807, 2.05) is 0 Å². The van der Waals surface area contributed by atoms with Crippen molar-refractivity contribution in [3.8, 4) is 17.2 Å². The van der Waals surface area contributed by atoms with E-state index in [9.17, 15) is 5.11 Å². The summed E-state index contributed by atoms with van der Waals surface area (Å²) in [6.07, 6.45) is 1.54. The van der Waals surface area contributed by atoms with Crippen molar-refractivity contribution in [2.24, 2.45) is 5.10 Å². The average Bonchev–Trinajstić information content (AvgIpc) is 2.43. The number of hydrogen-bond acceptors (Lipinski definition) is 7. The number of aromatic hydroxyl groups is 1. The third kappa shape index (κ3) is 9.16. The summed E-state index contributed by atoms with van der Waals surface area (Å²) >= 11 is 0. The van der Waals surface area contributed by atoms with Crippen LogP contribution in [0, 0.1) is 0 Å². The van der Waals surface area contributed by atoms with Crippen molar-refractivity contribution in [2.75, 3.05) is 27.4 Å². The number of nitrogens with zero attached hydrogens (tertiary/aromatic N) is 1. The number of aliphatic hydroxyl groups is 1. The summed E-state index contributed by atoms with van der Waals surface area (Å²) in [4.78, 5) is 21.6. The summed E-state index contributed by atoms with van der Waals surface area (Å²) in [6.45, 7) is 0.391. The zero-order valence-electron chi connectivity index (χ0n) is 12.0. The molecule has 1 rings (SSSR count). The molecule has 0 atom stereocenters. The van der Waals surface area contributed by atoms with Gasteiger partial charge < -0.3 is 39.8 Å². The largest absolute Gasteiger partial charge is 0.502 e. The van der Waals surface area contributed by atoms with E-state index >= 15 is 0 Å². The highest BCUT2D eigenvalue weighted by molar-refractivity contribution is 7.45. The second kappa shape index (κ2) is 9.98. The average molecular weight is 338 g/mol. The maximum atomic E-state index is 9.68. The summed E-state index contributed by atoms with van der Waals surface area (Å²) in [6, 6.07) is 3.25. The fourth-order valence-electron chi connectivity index (χ4n) is 1.22. The highest BCUT2D eigenvalue weighted by Gasteiger charge is 2.09. The predicted octanol–water partition coefficient (Wildman–Crippen LogP) is -0.603. The van der Waals surface area contributed by atoms with E-state index in [0.29, 0.717) is 23.6 Å². The number of benzene rings is 1. The number of phenols is 1. The van der Waals surface area contributed by atoms with Crippen molar-refractivity contribution < 1.29 is 38.9 Å². The molecular formula is C11H19N2O8P. The van der Waals surface area contributed by atoms with Gasteiger partial charge >= 0.3 is 7.82 Å².